The summed E-state index contributed by atoms with van der Waals surface area (Å²) in [7, 11) is -0.782. The Kier molecular flexibility index (Phi) is 6.71. The summed E-state index contributed by atoms with van der Waals surface area (Å²) in [6, 6.07) is 0.938. The normalized spacial score (nSPS) is 30.4. The highest BCUT2D eigenvalue weighted by Gasteiger charge is 2.42. The molecular weight excluding hydrogens is 324 g/mol. The van der Waals surface area contributed by atoms with E-state index in [0.717, 1.165) is 32.2 Å². The molecule has 0 aromatic carbocycles. The standard InChI is InChI=1S/C18H34N2O3S/c1-13(12-24(5)22)19-15-9-6-8-14(15)16-10-7-11-20(16)17(21)23-18(2,3)4/h13-16,19H,6-12H2,1-5H3. The highest BCUT2D eigenvalue weighted by atomic mass is 32.2. The molecular formula is C18H34N2O3S. The van der Waals surface area contributed by atoms with E-state index < -0.39 is 16.4 Å². The molecule has 2 aliphatic rings. The maximum atomic E-state index is 12.5. The topological polar surface area (TPSA) is 58.6 Å². The van der Waals surface area contributed by atoms with Crippen LogP contribution in [0.4, 0.5) is 4.79 Å². The van der Waals surface area contributed by atoms with Crippen molar-refractivity contribution in [1.29, 1.82) is 0 Å². The van der Waals surface area contributed by atoms with Crippen LogP contribution in [0.3, 0.4) is 0 Å². The molecule has 1 saturated heterocycles. The first-order chi connectivity index (χ1) is 11.2. The Balaban J connectivity index is 1.99. The third-order valence-electron chi connectivity index (χ3n) is 4.97. The molecule has 1 amide bonds. The molecule has 0 bridgehead atoms. The number of nitrogens with one attached hydrogen (secondary N) is 1. The molecule has 5 nitrogen and oxygen atoms in total. The molecule has 0 spiro atoms. The zero-order valence-corrected chi connectivity index (χ0v) is 16.7. The van der Waals surface area contributed by atoms with Gasteiger partial charge >= 0.3 is 6.09 Å². The highest BCUT2D eigenvalue weighted by Crippen LogP contribution is 2.36. The Bertz CT molecular complexity index is 464. The van der Waals surface area contributed by atoms with E-state index in [4.69, 9.17) is 4.74 Å². The van der Waals surface area contributed by atoms with Gasteiger partial charge in [0.1, 0.15) is 5.60 Å². The van der Waals surface area contributed by atoms with Gasteiger partial charge in [0.15, 0.2) is 0 Å². The monoisotopic (exact) mass is 358 g/mol. The largest absolute Gasteiger partial charge is 0.444 e. The first-order valence-corrected chi connectivity index (χ1v) is 11.0. The van der Waals surface area contributed by atoms with Crippen LogP contribution in [-0.4, -0.2) is 57.5 Å². The van der Waals surface area contributed by atoms with Gasteiger partial charge < -0.3 is 15.0 Å². The van der Waals surface area contributed by atoms with Crippen LogP contribution in [0.2, 0.25) is 0 Å². The number of hydrogen-bond donors (Lipinski definition) is 1. The lowest BCUT2D eigenvalue weighted by atomic mass is 9.92. The molecule has 0 aromatic heterocycles. The second-order valence-corrected chi connectivity index (χ2v) is 9.87. The van der Waals surface area contributed by atoms with Crippen LogP contribution in [0, 0.1) is 5.92 Å². The predicted molar refractivity (Wildman–Crippen MR) is 98.6 cm³/mol. The maximum absolute atomic E-state index is 12.5. The van der Waals surface area contributed by atoms with Crippen molar-refractivity contribution in [2.24, 2.45) is 5.92 Å². The van der Waals surface area contributed by atoms with Crippen molar-refractivity contribution < 1.29 is 13.7 Å². The zero-order chi connectivity index (χ0) is 17.9. The lowest BCUT2D eigenvalue weighted by Gasteiger charge is -2.35. The van der Waals surface area contributed by atoms with E-state index in [-0.39, 0.29) is 18.2 Å². The number of nitrogens with zero attached hydrogens (tertiary/aromatic N) is 1. The van der Waals surface area contributed by atoms with Gasteiger partial charge in [0, 0.05) is 47.5 Å². The van der Waals surface area contributed by atoms with Crippen LogP contribution in [0.15, 0.2) is 0 Å². The molecule has 140 valence electrons. The van der Waals surface area contributed by atoms with Gasteiger partial charge in [-0.05, 0) is 59.3 Å². The number of likely N-dealkylation sites (tertiary alicyclic amines) is 1. The fourth-order valence-electron chi connectivity index (χ4n) is 4.21. The van der Waals surface area contributed by atoms with Crippen molar-refractivity contribution in [1.82, 2.24) is 10.2 Å². The number of ether oxygens (including phenoxy) is 1. The summed E-state index contributed by atoms with van der Waals surface area (Å²) < 4.78 is 17.0. The van der Waals surface area contributed by atoms with Crippen molar-refractivity contribution in [2.75, 3.05) is 18.6 Å². The Labute approximate surface area is 149 Å². The second kappa shape index (κ2) is 8.17. The smallest absolute Gasteiger partial charge is 0.410 e. The van der Waals surface area contributed by atoms with E-state index in [9.17, 15) is 9.00 Å². The quantitative estimate of drug-likeness (QED) is 0.821. The minimum Gasteiger partial charge on any atom is -0.444 e. The molecule has 1 N–H and O–H groups in total. The van der Waals surface area contributed by atoms with Crippen molar-refractivity contribution in [2.45, 2.75) is 83.5 Å². The lowest BCUT2D eigenvalue weighted by molar-refractivity contribution is 0.0166. The Morgan fingerprint density at radius 3 is 2.62 bits per heavy atom. The van der Waals surface area contributed by atoms with Gasteiger partial charge in [0.25, 0.3) is 0 Å². The summed E-state index contributed by atoms with van der Waals surface area (Å²) in [6.45, 7) is 8.67. The number of amides is 1. The summed E-state index contributed by atoms with van der Waals surface area (Å²) in [5.74, 6) is 1.16. The minimum absolute atomic E-state index is 0.168. The van der Waals surface area contributed by atoms with Crippen LogP contribution in [0.1, 0.15) is 59.8 Å². The fourth-order valence-corrected chi connectivity index (χ4v) is 5.01. The van der Waals surface area contributed by atoms with E-state index >= 15 is 0 Å². The van der Waals surface area contributed by atoms with Gasteiger partial charge in [-0.3, -0.25) is 4.21 Å². The van der Waals surface area contributed by atoms with Crippen LogP contribution in [0.25, 0.3) is 0 Å². The molecule has 1 aliphatic heterocycles. The zero-order valence-electron chi connectivity index (χ0n) is 15.8. The van der Waals surface area contributed by atoms with Crippen molar-refractivity contribution in [3.8, 4) is 0 Å². The molecule has 24 heavy (non-hydrogen) atoms. The van der Waals surface area contributed by atoms with E-state index in [2.05, 4.69) is 12.2 Å². The Hall–Kier alpha value is -0.620. The van der Waals surface area contributed by atoms with E-state index in [0.29, 0.717) is 17.7 Å². The third-order valence-corrected chi connectivity index (χ3v) is 5.94. The first-order valence-electron chi connectivity index (χ1n) is 9.23. The van der Waals surface area contributed by atoms with Crippen LogP contribution in [-0.2, 0) is 15.5 Å². The van der Waals surface area contributed by atoms with E-state index in [1.54, 1.807) is 6.26 Å². The molecule has 0 radical (unpaired) electrons. The average Bonchev–Trinajstić information content (AvgIpc) is 3.02. The number of carbonyl (C=O) groups is 1. The molecule has 6 heteroatoms. The van der Waals surface area contributed by atoms with Gasteiger partial charge in [-0.15, -0.1) is 0 Å². The molecule has 2 rings (SSSR count). The average molecular weight is 359 g/mol. The van der Waals surface area contributed by atoms with Gasteiger partial charge in [0.2, 0.25) is 0 Å². The number of carbonyl (C=O) groups excluding carboxylic acids is 1. The summed E-state index contributed by atoms with van der Waals surface area (Å²) >= 11 is 0. The predicted octanol–water partition coefficient (Wildman–Crippen LogP) is 2.91. The van der Waals surface area contributed by atoms with Crippen LogP contribution in [0.5, 0.6) is 0 Å². The summed E-state index contributed by atoms with van der Waals surface area (Å²) in [4.78, 5) is 14.5. The summed E-state index contributed by atoms with van der Waals surface area (Å²) in [6.07, 6.45) is 7.21. The lowest BCUT2D eigenvalue weighted by Crippen LogP contribution is -2.49. The van der Waals surface area contributed by atoms with Crippen LogP contribution < -0.4 is 5.32 Å². The maximum Gasteiger partial charge on any atom is 0.410 e. The molecule has 2 fully saturated rings. The molecule has 1 saturated carbocycles. The first kappa shape index (κ1) is 19.7. The van der Waals surface area contributed by atoms with Gasteiger partial charge in [0.05, 0.1) is 0 Å². The molecule has 0 aromatic rings. The highest BCUT2D eigenvalue weighted by molar-refractivity contribution is 7.84. The van der Waals surface area contributed by atoms with Crippen molar-refractivity contribution >= 4 is 16.9 Å². The fraction of sp³-hybridized carbons (Fsp3) is 0.944. The molecule has 5 atom stereocenters. The van der Waals surface area contributed by atoms with Crippen LogP contribution >= 0.6 is 0 Å². The van der Waals surface area contributed by atoms with Crippen molar-refractivity contribution in [3.63, 3.8) is 0 Å². The Morgan fingerprint density at radius 2 is 2.00 bits per heavy atom. The summed E-state index contributed by atoms with van der Waals surface area (Å²) in [5.41, 5.74) is -0.447. The third kappa shape index (κ3) is 5.45. The van der Waals surface area contributed by atoms with Gasteiger partial charge in [-0.1, -0.05) is 6.42 Å². The number of rotatable bonds is 5. The van der Waals surface area contributed by atoms with E-state index in [1.807, 2.05) is 25.7 Å². The van der Waals surface area contributed by atoms with Gasteiger partial charge in [-0.25, -0.2) is 4.79 Å². The number of hydrogen-bond acceptors (Lipinski definition) is 4. The summed E-state index contributed by atoms with van der Waals surface area (Å²) in [5, 5.41) is 3.67. The van der Waals surface area contributed by atoms with Crippen molar-refractivity contribution in [3.05, 3.63) is 0 Å². The SMILES string of the molecule is CC(CS(C)=O)NC1CCCC1C1CCCN1C(=O)OC(C)(C)C. The Morgan fingerprint density at radius 1 is 1.29 bits per heavy atom. The molecule has 1 heterocycles. The second-order valence-electron chi connectivity index (χ2n) is 8.39. The van der Waals surface area contributed by atoms with Gasteiger partial charge in [-0.2, -0.15) is 0 Å². The van der Waals surface area contributed by atoms with E-state index in [1.165, 1.54) is 6.42 Å². The molecule has 1 aliphatic carbocycles. The minimum atomic E-state index is -0.782. The molecule has 5 unspecified atom stereocenters.